The minimum Gasteiger partial charge on any atom is -0.465 e. The second-order valence-corrected chi connectivity index (χ2v) is 6.48. The van der Waals surface area contributed by atoms with Gasteiger partial charge in [0.2, 0.25) is 11.7 Å². The van der Waals surface area contributed by atoms with Gasteiger partial charge >= 0.3 is 5.97 Å². The first-order valence-electron chi connectivity index (χ1n) is 7.06. The van der Waals surface area contributed by atoms with Crippen LogP contribution in [-0.4, -0.2) is 54.4 Å². The van der Waals surface area contributed by atoms with Crippen LogP contribution in [0.15, 0.2) is 20.4 Å². The normalized spacial score (nSPS) is 11.1. The Morgan fingerprint density at radius 1 is 1.52 bits per heavy atom. The van der Waals surface area contributed by atoms with Gasteiger partial charge in [-0.15, -0.1) is 11.3 Å². The van der Waals surface area contributed by atoms with Gasteiger partial charge < -0.3 is 14.0 Å². The lowest BCUT2D eigenvalue weighted by Crippen LogP contribution is -2.33. The summed E-state index contributed by atoms with van der Waals surface area (Å²) < 4.78 is 16.3. The van der Waals surface area contributed by atoms with Crippen molar-refractivity contribution >= 4 is 33.2 Å². The fourth-order valence-corrected chi connectivity index (χ4v) is 3.22. The molecule has 0 radical (unpaired) electrons. The lowest BCUT2D eigenvalue weighted by molar-refractivity contribution is -0.144. The van der Waals surface area contributed by atoms with Gasteiger partial charge in [0.1, 0.15) is 0 Å². The highest BCUT2D eigenvalue weighted by atomic mass is 79.9. The van der Waals surface area contributed by atoms with E-state index in [-0.39, 0.29) is 12.5 Å². The summed E-state index contributed by atoms with van der Waals surface area (Å²) in [7, 11) is 1.61. The molecule has 2 heterocycles. The first-order valence-corrected chi connectivity index (χ1v) is 8.73. The van der Waals surface area contributed by atoms with Crippen molar-refractivity contribution in [1.82, 2.24) is 15.0 Å². The van der Waals surface area contributed by atoms with E-state index in [1.165, 1.54) is 11.3 Å². The quantitative estimate of drug-likeness (QED) is 0.595. The van der Waals surface area contributed by atoms with Crippen LogP contribution in [0.25, 0.3) is 10.7 Å². The summed E-state index contributed by atoms with van der Waals surface area (Å²) in [5, 5.41) is 5.93. The molecule has 7 nitrogen and oxygen atoms in total. The molecular weight excluding hydrogens is 386 g/mol. The second-order valence-electron chi connectivity index (χ2n) is 4.65. The maximum Gasteiger partial charge on any atom is 0.320 e. The molecule has 0 saturated carbocycles. The summed E-state index contributed by atoms with van der Waals surface area (Å²) in [6.45, 7) is 3.72. The maximum absolute atomic E-state index is 11.7. The highest BCUT2D eigenvalue weighted by molar-refractivity contribution is 9.10. The second kappa shape index (κ2) is 9.11. The molecule has 0 bridgehead atoms. The zero-order valence-corrected chi connectivity index (χ0v) is 15.4. The summed E-state index contributed by atoms with van der Waals surface area (Å²) in [6.07, 6.45) is 0. The van der Waals surface area contributed by atoms with Crippen molar-refractivity contribution < 1.29 is 18.8 Å². The molecule has 0 aliphatic carbocycles. The SMILES string of the molecule is CCOC(=O)CN(CCOC)Cc1nc(-c2cc(Br)cs2)no1. The summed E-state index contributed by atoms with van der Waals surface area (Å²) in [6, 6.07) is 1.93. The summed E-state index contributed by atoms with van der Waals surface area (Å²) >= 11 is 4.92. The first-order chi connectivity index (χ1) is 11.1. The van der Waals surface area contributed by atoms with E-state index in [0.29, 0.717) is 38.0 Å². The van der Waals surface area contributed by atoms with E-state index >= 15 is 0 Å². The molecule has 2 aromatic rings. The Balaban J connectivity index is 2.00. The zero-order chi connectivity index (χ0) is 16.7. The number of carbonyl (C=O) groups is 1. The molecule has 2 aromatic heterocycles. The Morgan fingerprint density at radius 3 is 3.00 bits per heavy atom. The van der Waals surface area contributed by atoms with E-state index in [2.05, 4.69) is 26.1 Å². The highest BCUT2D eigenvalue weighted by Gasteiger charge is 2.17. The van der Waals surface area contributed by atoms with Crippen molar-refractivity contribution in [2.24, 2.45) is 0 Å². The maximum atomic E-state index is 11.7. The van der Waals surface area contributed by atoms with Crippen LogP contribution in [0.4, 0.5) is 0 Å². The van der Waals surface area contributed by atoms with Crippen molar-refractivity contribution in [2.75, 3.05) is 33.4 Å². The smallest absolute Gasteiger partial charge is 0.320 e. The molecule has 0 amide bonds. The minimum absolute atomic E-state index is 0.152. The van der Waals surface area contributed by atoms with Crippen LogP contribution in [0.1, 0.15) is 12.8 Å². The molecule has 126 valence electrons. The van der Waals surface area contributed by atoms with Gasteiger partial charge in [-0.2, -0.15) is 4.98 Å². The Morgan fingerprint density at radius 2 is 2.35 bits per heavy atom. The number of hydrogen-bond donors (Lipinski definition) is 0. The largest absolute Gasteiger partial charge is 0.465 e. The van der Waals surface area contributed by atoms with Gasteiger partial charge in [0.25, 0.3) is 0 Å². The van der Waals surface area contributed by atoms with Crippen molar-refractivity contribution in [3.63, 3.8) is 0 Å². The van der Waals surface area contributed by atoms with Crippen LogP contribution < -0.4 is 0 Å². The molecule has 0 aromatic carbocycles. The van der Waals surface area contributed by atoms with Crippen LogP contribution in [0.5, 0.6) is 0 Å². The van der Waals surface area contributed by atoms with Crippen molar-refractivity contribution in [1.29, 1.82) is 0 Å². The van der Waals surface area contributed by atoms with E-state index in [1.54, 1.807) is 14.0 Å². The molecule has 0 atom stereocenters. The molecule has 2 rings (SSSR count). The van der Waals surface area contributed by atoms with Crippen LogP contribution in [0.2, 0.25) is 0 Å². The van der Waals surface area contributed by atoms with E-state index in [1.807, 2.05) is 16.3 Å². The van der Waals surface area contributed by atoms with Gasteiger partial charge in [-0.25, -0.2) is 0 Å². The average molecular weight is 404 g/mol. The number of hydrogen-bond acceptors (Lipinski definition) is 8. The predicted molar refractivity (Wildman–Crippen MR) is 89.1 cm³/mol. The van der Waals surface area contributed by atoms with Gasteiger partial charge in [0.15, 0.2) is 0 Å². The van der Waals surface area contributed by atoms with Crippen molar-refractivity contribution in [3.8, 4) is 10.7 Å². The molecule has 0 unspecified atom stereocenters. The van der Waals surface area contributed by atoms with E-state index in [4.69, 9.17) is 14.0 Å². The number of thiophene rings is 1. The fraction of sp³-hybridized carbons (Fsp3) is 0.500. The number of rotatable bonds is 9. The van der Waals surface area contributed by atoms with E-state index in [9.17, 15) is 4.79 Å². The summed E-state index contributed by atoms with van der Waals surface area (Å²) in [4.78, 5) is 18.8. The molecule has 0 N–H and O–H groups in total. The number of carbonyl (C=O) groups excluding carboxylic acids is 1. The van der Waals surface area contributed by atoms with Crippen molar-refractivity contribution in [3.05, 3.63) is 21.8 Å². The minimum atomic E-state index is -0.287. The number of aromatic nitrogens is 2. The molecule has 0 aliphatic rings. The third-order valence-corrected chi connectivity index (χ3v) is 4.57. The lowest BCUT2D eigenvalue weighted by Gasteiger charge is -2.18. The predicted octanol–water partition coefficient (Wildman–Crippen LogP) is 2.57. The number of halogens is 1. The number of nitrogens with zero attached hydrogens (tertiary/aromatic N) is 3. The summed E-state index contributed by atoms with van der Waals surface area (Å²) in [5.74, 6) is 0.703. The third kappa shape index (κ3) is 5.69. The lowest BCUT2D eigenvalue weighted by atomic mass is 10.4. The van der Waals surface area contributed by atoms with E-state index in [0.717, 1.165) is 9.35 Å². The number of ether oxygens (including phenoxy) is 2. The van der Waals surface area contributed by atoms with Gasteiger partial charge in [0.05, 0.1) is 31.2 Å². The van der Waals surface area contributed by atoms with Crippen LogP contribution in [0.3, 0.4) is 0 Å². The number of esters is 1. The molecule has 0 spiro atoms. The Bertz CT molecular complexity index is 631. The zero-order valence-electron chi connectivity index (χ0n) is 13.0. The molecule has 9 heteroatoms. The highest BCUT2D eigenvalue weighted by Crippen LogP contribution is 2.27. The van der Waals surface area contributed by atoms with Crippen LogP contribution in [0, 0.1) is 0 Å². The number of methoxy groups -OCH3 is 1. The summed E-state index contributed by atoms with van der Waals surface area (Å²) in [5.41, 5.74) is 0. The fourth-order valence-electron chi connectivity index (χ4n) is 1.86. The van der Waals surface area contributed by atoms with Gasteiger partial charge in [-0.3, -0.25) is 9.69 Å². The molecule has 23 heavy (non-hydrogen) atoms. The standard InChI is InChI=1S/C14H18BrN3O4S/c1-3-21-13(19)8-18(4-5-20-2)7-12-16-14(17-22-12)11-6-10(15)9-23-11/h6,9H,3-5,7-8H2,1-2H3. The topological polar surface area (TPSA) is 77.7 Å². The van der Waals surface area contributed by atoms with Gasteiger partial charge in [0, 0.05) is 23.5 Å². The molecule has 0 saturated heterocycles. The van der Waals surface area contributed by atoms with Gasteiger partial charge in [-0.1, -0.05) is 5.16 Å². The Hall–Kier alpha value is -1.29. The third-order valence-electron chi connectivity index (χ3n) is 2.88. The van der Waals surface area contributed by atoms with Crippen LogP contribution in [-0.2, 0) is 20.8 Å². The van der Waals surface area contributed by atoms with Gasteiger partial charge in [-0.05, 0) is 28.9 Å². The Kier molecular flexibility index (Phi) is 7.15. The molecule has 0 fully saturated rings. The van der Waals surface area contributed by atoms with E-state index < -0.39 is 0 Å². The first kappa shape index (κ1) is 18.1. The van der Waals surface area contributed by atoms with Crippen molar-refractivity contribution in [2.45, 2.75) is 13.5 Å². The molecular formula is C14H18BrN3O4S. The van der Waals surface area contributed by atoms with Crippen LogP contribution >= 0.6 is 27.3 Å². The average Bonchev–Trinajstić information content (AvgIpc) is 3.14. The monoisotopic (exact) mass is 403 g/mol. The Labute approximate surface area is 146 Å². The molecule has 0 aliphatic heterocycles.